The predicted molar refractivity (Wildman–Crippen MR) is 53.6 cm³/mol. The fraction of sp³-hybridized carbons (Fsp3) is 0.727. The molecular weight excluding hydrogens is 176 g/mol. The van der Waals surface area contributed by atoms with E-state index in [1.54, 1.807) is 0 Å². The van der Waals surface area contributed by atoms with Crippen LogP contribution in [0.5, 0.6) is 0 Å². The Hall–Kier alpha value is -0.830. The van der Waals surface area contributed by atoms with Crippen LogP contribution in [0.25, 0.3) is 0 Å². The Labute approximate surface area is 84.2 Å². The van der Waals surface area contributed by atoms with Crippen molar-refractivity contribution in [2.75, 3.05) is 0 Å². The maximum absolute atomic E-state index is 11.8. The summed E-state index contributed by atoms with van der Waals surface area (Å²) in [5.41, 5.74) is 0. The second kappa shape index (κ2) is 3.09. The van der Waals surface area contributed by atoms with Gasteiger partial charge >= 0.3 is 0 Å². The summed E-state index contributed by atoms with van der Waals surface area (Å²) in [4.78, 5) is 13.8. The van der Waals surface area contributed by atoms with E-state index in [0.29, 0.717) is 24.4 Å². The van der Waals surface area contributed by atoms with Crippen LogP contribution in [0.4, 0.5) is 0 Å². The van der Waals surface area contributed by atoms with Gasteiger partial charge in [-0.1, -0.05) is 25.0 Å². The molecule has 0 radical (unpaired) electrons. The molecule has 0 spiro atoms. The van der Waals surface area contributed by atoms with Crippen LogP contribution in [0.2, 0.25) is 0 Å². The van der Waals surface area contributed by atoms with Crippen LogP contribution in [0.15, 0.2) is 12.2 Å². The normalized spacial score (nSPS) is 41.0. The number of amides is 1. The fourth-order valence-electron chi connectivity index (χ4n) is 3.04. The highest BCUT2D eigenvalue weighted by molar-refractivity contribution is 5.80. The van der Waals surface area contributed by atoms with Gasteiger partial charge in [0.2, 0.25) is 5.91 Å². The summed E-state index contributed by atoms with van der Waals surface area (Å²) in [5, 5.41) is 3.54. The first-order valence-corrected chi connectivity index (χ1v) is 5.60. The second-order valence-corrected chi connectivity index (χ2v) is 4.50. The summed E-state index contributed by atoms with van der Waals surface area (Å²) in [5.74, 6) is 0.305. The molecule has 0 aromatic carbocycles. The first kappa shape index (κ1) is 8.48. The standard InChI is InChI=1S/C11H16N2O/c14-11-7-3-6-10-12-8-4-1-2-5-9(8)13(10)11/h3,6,8-10,12H,1-2,4-5,7H2. The average Bonchev–Trinajstić information content (AvgIpc) is 2.57. The third kappa shape index (κ3) is 1.12. The number of rotatable bonds is 0. The molecule has 2 fully saturated rings. The maximum atomic E-state index is 11.8. The number of nitrogens with zero attached hydrogens (tertiary/aromatic N) is 1. The van der Waals surface area contributed by atoms with E-state index in [9.17, 15) is 4.79 Å². The second-order valence-electron chi connectivity index (χ2n) is 4.50. The third-order valence-corrected chi connectivity index (χ3v) is 3.67. The van der Waals surface area contributed by atoms with Crippen molar-refractivity contribution in [3.8, 4) is 0 Å². The molecule has 2 heterocycles. The molecular formula is C11H16N2O. The van der Waals surface area contributed by atoms with Crippen molar-refractivity contribution >= 4 is 5.91 Å². The van der Waals surface area contributed by atoms with Crippen LogP contribution in [-0.2, 0) is 4.79 Å². The van der Waals surface area contributed by atoms with Gasteiger partial charge in [0.15, 0.2) is 0 Å². The van der Waals surface area contributed by atoms with Gasteiger partial charge in [0.25, 0.3) is 0 Å². The SMILES string of the molecule is O=C1CC=CC2NC3CCCCC3N12. The van der Waals surface area contributed by atoms with Gasteiger partial charge in [-0.25, -0.2) is 0 Å². The van der Waals surface area contributed by atoms with Crippen molar-refractivity contribution in [3.05, 3.63) is 12.2 Å². The van der Waals surface area contributed by atoms with Gasteiger partial charge in [0, 0.05) is 18.5 Å². The van der Waals surface area contributed by atoms with Gasteiger partial charge in [-0.15, -0.1) is 0 Å². The monoisotopic (exact) mass is 192 g/mol. The molecule has 3 unspecified atom stereocenters. The molecule has 1 N–H and O–H groups in total. The van der Waals surface area contributed by atoms with Crippen LogP contribution in [0.1, 0.15) is 32.1 Å². The molecule has 3 aliphatic rings. The molecule has 0 bridgehead atoms. The highest BCUT2D eigenvalue weighted by atomic mass is 16.2. The third-order valence-electron chi connectivity index (χ3n) is 3.67. The first-order valence-electron chi connectivity index (χ1n) is 5.60. The van der Waals surface area contributed by atoms with Crippen molar-refractivity contribution in [2.24, 2.45) is 0 Å². The number of nitrogens with one attached hydrogen (secondary N) is 1. The average molecular weight is 192 g/mol. The van der Waals surface area contributed by atoms with Crippen molar-refractivity contribution in [2.45, 2.75) is 50.4 Å². The predicted octanol–water partition coefficient (Wildman–Crippen LogP) is 1.02. The molecule has 1 aliphatic carbocycles. The lowest BCUT2D eigenvalue weighted by Crippen LogP contribution is -2.45. The number of hydrogen-bond acceptors (Lipinski definition) is 2. The topological polar surface area (TPSA) is 32.3 Å². The Morgan fingerprint density at radius 3 is 3.14 bits per heavy atom. The van der Waals surface area contributed by atoms with Crippen LogP contribution in [0.3, 0.4) is 0 Å². The van der Waals surface area contributed by atoms with E-state index in [1.165, 1.54) is 25.7 Å². The highest BCUT2D eigenvalue weighted by Gasteiger charge is 2.43. The van der Waals surface area contributed by atoms with Crippen LogP contribution in [0, 0.1) is 0 Å². The zero-order chi connectivity index (χ0) is 9.54. The smallest absolute Gasteiger partial charge is 0.228 e. The fourth-order valence-corrected chi connectivity index (χ4v) is 3.04. The molecule has 14 heavy (non-hydrogen) atoms. The van der Waals surface area contributed by atoms with E-state index in [2.05, 4.69) is 16.3 Å². The number of carbonyl (C=O) groups excluding carboxylic acids is 1. The first-order chi connectivity index (χ1) is 6.86. The van der Waals surface area contributed by atoms with Crippen LogP contribution in [-0.4, -0.2) is 29.1 Å². The van der Waals surface area contributed by atoms with Crippen molar-refractivity contribution in [1.82, 2.24) is 10.2 Å². The van der Waals surface area contributed by atoms with Gasteiger partial charge in [-0.2, -0.15) is 0 Å². The van der Waals surface area contributed by atoms with Gasteiger partial charge in [-0.3, -0.25) is 10.1 Å². The summed E-state index contributed by atoms with van der Waals surface area (Å²) >= 11 is 0. The Morgan fingerprint density at radius 2 is 2.21 bits per heavy atom. The molecule has 1 amide bonds. The van der Waals surface area contributed by atoms with E-state index in [-0.39, 0.29) is 6.17 Å². The van der Waals surface area contributed by atoms with Crippen LogP contribution >= 0.6 is 0 Å². The van der Waals surface area contributed by atoms with E-state index in [1.807, 2.05) is 6.08 Å². The van der Waals surface area contributed by atoms with E-state index < -0.39 is 0 Å². The van der Waals surface area contributed by atoms with Crippen LogP contribution < -0.4 is 5.32 Å². The van der Waals surface area contributed by atoms with E-state index in [0.717, 1.165) is 0 Å². The zero-order valence-electron chi connectivity index (χ0n) is 8.28. The van der Waals surface area contributed by atoms with Gasteiger partial charge < -0.3 is 4.90 Å². The lowest BCUT2D eigenvalue weighted by molar-refractivity contribution is -0.133. The van der Waals surface area contributed by atoms with E-state index in [4.69, 9.17) is 0 Å². The Morgan fingerprint density at radius 1 is 1.36 bits per heavy atom. The maximum Gasteiger partial charge on any atom is 0.228 e. The molecule has 0 aromatic heterocycles. The molecule has 3 nitrogen and oxygen atoms in total. The minimum Gasteiger partial charge on any atom is -0.319 e. The molecule has 3 atom stereocenters. The van der Waals surface area contributed by atoms with Gasteiger partial charge in [0.1, 0.15) is 6.17 Å². The molecule has 3 rings (SSSR count). The lowest BCUT2D eigenvalue weighted by atomic mass is 9.91. The molecule has 1 saturated heterocycles. The summed E-state index contributed by atoms with van der Waals surface area (Å²) in [6, 6.07) is 1.03. The van der Waals surface area contributed by atoms with Crippen molar-refractivity contribution in [3.63, 3.8) is 0 Å². The summed E-state index contributed by atoms with van der Waals surface area (Å²) in [6.07, 6.45) is 9.95. The molecule has 3 heteroatoms. The van der Waals surface area contributed by atoms with E-state index >= 15 is 0 Å². The highest BCUT2D eigenvalue weighted by Crippen LogP contribution is 2.32. The lowest BCUT2D eigenvalue weighted by Gasteiger charge is -2.33. The Balaban J connectivity index is 1.88. The Bertz CT molecular complexity index is 287. The Kier molecular flexibility index (Phi) is 1.87. The quantitative estimate of drug-likeness (QED) is 0.581. The summed E-state index contributed by atoms with van der Waals surface area (Å²) in [6.45, 7) is 0. The molecule has 76 valence electrons. The molecule has 2 aliphatic heterocycles. The number of fused-ring (bicyclic) bond motifs is 3. The molecule has 1 saturated carbocycles. The van der Waals surface area contributed by atoms with Crippen molar-refractivity contribution in [1.29, 1.82) is 0 Å². The number of hydrogen-bond donors (Lipinski definition) is 1. The summed E-state index contributed by atoms with van der Waals surface area (Å²) in [7, 11) is 0. The molecule has 0 aromatic rings. The minimum absolute atomic E-state index is 0.198. The van der Waals surface area contributed by atoms with Crippen molar-refractivity contribution < 1.29 is 4.79 Å². The minimum atomic E-state index is 0.198. The summed E-state index contributed by atoms with van der Waals surface area (Å²) < 4.78 is 0. The zero-order valence-corrected chi connectivity index (χ0v) is 8.28. The number of carbonyl (C=O) groups is 1. The van der Waals surface area contributed by atoms with Gasteiger partial charge in [0.05, 0.1) is 0 Å². The largest absolute Gasteiger partial charge is 0.319 e. The van der Waals surface area contributed by atoms with Gasteiger partial charge in [-0.05, 0) is 12.8 Å².